The smallest absolute Gasteiger partial charge is 0.405 e. The van der Waals surface area contributed by atoms with E-state index in [4.69, 9.17) is 28.8 Å². The van der Waals surface area contributed by atoms with E-state index in [-0.39, 0.29) is 29.5 Å². The monoisotopic (exact) mass is 1940 g/mol. The van der Waals surface area contributed by atoms with E-state index in [0.717, 1.165) is 112 Å². The van der Waals surface area contributed by atoms with Crippen molar-refractivity contribution in [2.24, 2.45) is 5.14 Å². The first-order valence-electron chi connectivity index (χ1n) is 42.0. The van der Waals surface area contributed by atoms with Crippen molar-refractivity contribution >= 4 is 92.6 Å². The van der Waals surface area contributed by atoms with Crippen LogP contribution in [0.5, 0.6) is 28.7 Å². The first-order chi connectivity index (χ1) is 66.6. The number of benzene rings is 9. The van der Waals surface area contributed by atoms with E-state index in [0.29, 0.717) is 123 Å². The van der Waals surface area contributed by atoms with Gasteiger partial charge in [0.2, 0.25) is 93.7 Å². The molecule has 1 aliphatic carbocycles. The van der Waals surface area contributed by atoms with Gasteiger partial charge in [0.15, 0.2) is 11.5 Å². The van der Waals surface area contributed by atoms with Gasteiger partial charge in [-0.05, 0) is 168 Å². The number of aromatic nitrogens is 1. The van der Waals surface area contributed by atoms with E-state index in [1.54, 1.807) is 50.9 Å². The van der Waals surface area contributed by atoms with Crippen LogP contribution in [0.1, 0.15) is 62.9 Å². The number of para-hydroxylation sites is 2. The molecule has 1 aliphatic heterocycles. The third-order valence-electron chi connectivity index (χ3n) is 17.6. The van der Waals surface area contributed by atoms with Gasteiger partial charge in [0.05, 0.1) is 37.7 Å². The second-order valence-electron chi connectivity index (χ2n) is 28.0. The van der Waals surface area contributed by atoms with E-state index >= 15 is 0 Å². The van der Waals surface area contributed by atoms with Crippen LogP contribution in [0, 0.1) is 5.82 Å². The van der Waals surface area contributed by atoms with Gasteiger partial charge in [0.1, 0.15) is 36.2 Å². The summed E-state index contributed by atoms with van der Waals surface area (Å²) >= 11 is 0. The summed E-state index contributed by atoms with van der Waals surface area (Å²) in [7, 11) is 4.92. The minimum absolute atomic E-state index is 0.00743. The summed E-state index contributed by atoms with van der Waals surface area (Å²) in [5, 5.41) is 32.3. The number of halogens is 6. The van der Waals surface area contributed by atoms with Crippen molar-refractivity contribution in [1.29, 1.82) is 0 Å². The van der Waals surface area contributed by atoms with Crippen molar-refractivity contribution in [3.63, 3.8) is 0 Å². The Hall–Kier alpha value is -15.9. The lowest BCUT2D eigenvalue weighted by Crippen LogP contribution is -2.27. The number of fused-ring (bicyclic) bond motifs is 1. The number of methoxy groups -OCH3 is 2. The molecule has 13 N–H and O–H groups in total. The number of hydrogen-bond donors (Lipinski definition) is 12. The zero-order valence-corrected chi connectivity index (χ0v) is 77.7. The molecule has 34 nitrogen and oxygen atoms in total. The van der Waals surface area contributed by atoms with Crippen LogP contribution in [-0.4, -0.2) is 196 Å². The molecule has 0 unspecified atom stereocenters. The number of nitrogens with two attached hydrogens (primary N) is 1. The Balaban J connectivity index is 0.000000755. The molecule has 12 rings (SSSR count). The highest BCUT2D eigenvalue weighted by atomic mass is 32.2. The molecule has 138 heavy (non-hydrogen) atoms. The van der Waals surface area contributed by atoms with Crippen LogP contribution < -0.4 is 92.2 Å². The summed E-state index contributed by atoms with van der Waals surface area (Å²) in [4.78, 5) is 126. The largest absolute Gasteiger partial charge is 0.497 e. The maximum Gasteiger partial charge on any atom is 0.405 e. The number of hydrogen-bond acceptors (Lipinski definition) is 21. The Morgan fingerprint density at radius 2 is 0.855 bits per heavy atom. The number of nitrogens with zero attached hydrogens (tertiary/aromatic N) is 3. The standard InChI is InChI=1S/C10H14N2O.C10H13NO2.C10H11NO.C9H9NO3.2C9H11NO2.C9H11NO.C8H8FNO.C8H10N2O3S.C8H10N2O.C4H7F2NO.C3H4F3NO/c1-12(2)10-5-3-9(4-6-10)7-11-8-13;1-13-10-4-2-9(3-5-10)6-7-11-8-12;12-8-11-10(6-7-10)9-4-2-1-3-5-9;11-5-10-4-7-1-2-8-9(3-7)13-6-12-8;1-12-9-5-3-2-4-8(9)6-10-7-11;11-8-10-6-7-12-9-4-2-1-3-5-9;11-8-10-7-6-9-4-2-1-3-5-9;9-8-3-1-7(2-4-8)5-10-6-11;9-14(12,13)8-3-1-7(2-4-8)5-10-6-11;11-7-10-6-3-8-1-4-9-5-2-8;1-7(3-8)2-4(5)6;4-3(5,6)1-7-2-8/h3-6,8H,7H2,1-2H3,(H,11,13);2-5,8H,6-7H2,1H3,(H,11,12);1-5,8H,6-7H2,(H,11,12);1-3,5H,4,6H2,(H,10,11);2-5,7H,6H2,1H3,(H,10,11);1-5,8H,6-7H2,(H,10,11);1-5,8H,6-7H2,(H,10,11);1-4,6H,5H2,(H,10,11);1-4,6H,5H2,(H,10,11)(H2,9,12,13);1-2,4-5,7H,3,6H2,(H,10,11);3-4H,2H2,1H3;2H,1H2,(H,7,8). The number of pyridine rings is 1. The van der Waals surface area contributed by atoms with Crippen LogP contribution >= 0.6 is 0 Å². The fourth-order valence-electron chi connectivity index (χ4n) is 10.5. The predicted octanol–water partition coefficient (Wildman–Crippen LogP) is 8.45. The number of ether oxygens (including phenoxy) is 5. The van der Waals surface area contributed by atoms with E-state index in [1.807, 2.05) is 201 Å². The summed E-state index contributed by atoms with van der Waals surface area (Å²) in [5.41, 5.74) is 10.8. The lowest BCUT2D eigenvalue weighted by molar-refractivity contribution is -0.132. The number of primary sulfonamides is 1. The third kappa shape index (κ3) is 61.0. The quantitative estimate of drug-likeness (QED) is 0.00967. The number of carbonyl (C=O) groups is 12. The lowest BCUT2D eigenvalue weighted by atomic mass is 10.1. The molecule has 0 spiro atoms. The molecule has 1 aromatic heterocycles. The normalized spacial score (nSPS) is 10.6. The van der Waals surface area contributed by atoms with Gasteiger partial charge in [-0.1, -0.05) is 152 Å². The Morgan fingerprint density at radius 3 is 1.28 bits per heavy atom. The maximum absolute atomic E-state index is 12.3. The highest BCUT2D eigenvalue weighted by molar-refractivity contribution is 7.89. The van der Waals surface area contributed by atoms with E-state index < -0.39 is 35.7 Å². The predicted molar refractivity (Wildman–Crippen MR) is 509 cm³/mol. The van der Waals surface area contributed by atoms with Crippen LogP contribution in [0.25, 0.3) is 0 Å². The highest BCUT2D eigenvalue weighted by Crippen LogP contribution is 2.45. The number of nitrogens with one attached hydrogen (secondary N) is 11. The molecule has 0 bridgehead atoms. The van der Waals surface area contributed by atoms with E-state index in [1.165, 1.54) is 58.9 Å². The molecule has 41 heteroatoms. The van der Waals surface area contributed by atoms with Crippen molar-refractivity contribution in [2.75, 3.05) is 92.9 Å². The fourth-order valence-corrected chi connectivity index (χ4v) is 11.1. The number of rotatable bonds is 44. The van der Waals surface area contributed by atoms with Crippen molar-refractivity contribution in [3.05, 3.63) is 311 Å². The Morgan fingerprint density at radius 1 is 0.442 bits per heavy atom. The van der Waals surface area contributed by atoms with Crippen LogP contribution in [0.2, 0.25) is 0 Å². The molecule has 744 valence electrons. The molecule has 0 atom stereocenters. The zero-order valence-electron chi connectivity index (χ0n) is 76.8. The topological polar surface area (TPSA) is 463 Å². The Bertz CT molecular complexity index is 5000. The molecule has 10 aromatic rings. The maximum atomic E-state index is 12.3. The number of alkyl halides is 5. The van der Waals surface area contributed by atoms with Crippen molar-refractivity contribution in [3.8, 4) is 28.7 Å². The molecule has 0 radical (unpaired) electrons. The minimum Gasteiger partial charge on any atom is -0.497 e. The van der Waals surface area contributed by atoms with Gasteiger partial charge in [0.25, 0.3) is 6.43 Å². The van der Waals surface area contributed by atoms with Gasteiger partial charge in [-0.25, -0.2) is 26.7 Å². The van der Waals surface area contributed by atoms with Crippen LogP contribution in [0.4, 0.5) is 32.0 Å². The number of carbonyl (C=O) groups excluding carboxylic acids is 12. The first-order valence-corrected chi connectivity index (χ1v) is 43.5. The van der Waals surface area contributed by atoms with Crippen LogP contribution in [0.3, 0.4) is 0 Å². The van der Waals surface area contributed by atoms with Crippen LogP contribution in [0.15, 0.2) is 260 Å². The molecular weight excluding hydrogens is 1830 g/mol. The molecule has 1 fully saturated rings. The lowest BCUT2D eigenvalue weighted by Gasteiger charge is -2.13. The third-order valence-corrected chi connectivity index (χ3v) is 18.5. The fraction of sp³-hybridized carbons (Fsp3) is 0.268. The Kier molecular flexibility index (Phi) is 66.5. The molecule has 1 saturated carbocycles. The second-order valence-corrected chi connectivity index (χ2v) is 29.6. The van der Waals surface area contributed by atoms with Gasteiger partial charge >= 0.3 is 6.18 Å². The van der Waals surface area contributed by atoms with E-state index in [2.05, 4.69) is 70.3 Å². The highest BCUT2D eigenvalue weighted by Gasteiger charge is 2.43. The molecule has 2 heterocycles. The zero-order chi connectivity index (χ0) is 102. The van der Waals surface area contributed by atoms with Crippen LogP contribution in [-0.2, 0) is 125 Å². The number of anilines is 1. The summed E-state index contributed by atoms with van der Waals surface area (Å²) in [6.07, 6.45) is 8.74. The van der Waals surface area contributed by atoms with E-state index in [9.17, 15) is 92.3 Å². The number of sulfonamides is 1. The summed E-state index contributed by atoms with van der Waals surface area (Å²) in [5.74, 6) is 3.71. The van der Waals surface area contributed by atoms with Gasteiger partial charge in [-0.15, -0.1) is 0 Å². The van der Waals surface area contributed by atoms with Gasteiger partial charge < -0.3 is 92.0 Å². The van der Waals surface area contributed by atoms with Gasteiger partial charge in [-0.3, -0.25) is 62.5 Å². The summed E-state index contributed by atoms with van der Waals surface area (Å²) < 4.78 is 115. The first kappa shape index (κ1) is 120. The van der Waals surface area contributed by atoms with Crippen molar-refractivity contribution in [1.82, 2.24) is 68.4 Å². The average molecular weight is 1950 g/mol. The molecule has 9 aromatic carbocycles. The van der Waals surface area contributed by atoms with Crippen molar-refractivity contribution in [2.45, 2.75) is 87.9 Å². The molecule has 0 saturated heterocycles. The minimum atomic E-state index is -4.29. The molecule has 2 aliphatic rings. The molecular formula is C97H119F6N15O19S. The second kappa shape index (κ2) is 76.5. The SMILES string of the molecule is CN(C)c1ccc(CNC=O)cc1.CN(C=O)CC(F)F.COc1ccc(CCNC=O)cc1.COc1ccccc1CNC=O.NS(=O)(=O)c1ccc(CNC=O)cc1.O=CNC1(c2ccccc2)CC1.O=CNCC(F)(F)F.O=CNCCOc1ccccc1.O=CNCCc1ccccc1.O=CNCCc1ccncc1.O=CNCc1ccc(F)cc1.O=CNCc1ccc2c(c1)OCO2. The average Bonchev–Trinajstić information content (AvgIpc) is 1.63. The summed E-state index contributed by atoms with van der Waals surface area (Å²) in [6.45, 7) is 4.10. The van der Waals surface area contributed by atoms with Crippen molar-refractivity contribution < 1.29 is 116 Å². The Labute approximate surface area is 798 Å². The summed E-state index contributed by atoms with van der Waals surface area (Å²) in [6, 6.07) is 74.6. The number of amides is 12. The van der Waals surface area contributed by atoms with Gasteiger partial charge in [0, 0.05) is 97.1 Å². The molecule has 12 amide bonds. The van der Waals surface area contributed by atoms with Gasteiger partial charge in [-0.2, -0.15) is 13.2 Å².